The van der Waals surface area contributed by atoms with Crippen LogP contribution in [0.15, 0.2) is 30.7 Å². The molecule has 0 aliphatic carbocycles. The first-order valence-corrected chi connectivity index (χ1v) is 6.83. The summed E-state index contributed by atoms with van der Waals surface area (Å²) in [6, 6.07) is 3.93. The number of rotatable bonds is 7. The normalized spacial score (nSPS) is 10.3. The van der Waals surface area contributed by atoms with Gasteiger partial charge in [0.25, 0.3) is 0 Å². The molecule has 6 heteroatoms. The average Bonchev–Trinajstić information content (AvgIpc) is 2.52. The molecule has 0 unspecified atom stereocenters. The van der Waals surface area contributed by atoms with E-state index in [1.807, 2.05) is 30.3 Å². The lowest BCUT2D eigenvalue weighted by atomic mass is 10.3. The van der Waals surface area contributed by atoms with E-state index < -0.39 is 0 Å². The summed E-state index contributed by atoms with van der Waals surface area (Å²) in [6.45, 7) is 3.77. The molecule has 0 radical (unpaired) electrons. The third-order valence-electron chi connectivity index (χ3n) is 2.93. The highest BCUT2D eigenvalue weighted by Gasteiger charge is 2.05. The van der Waals surface area contributed by atoms with Crippen LogP contribution in [0.1, 0.15) is 25.3 Å². The minimum Gasteiger partial charge on any atom is -0.364 e. The van der Waals surface area contributed by atoms with Crippen molar-refractivity contribution < 1.29 is 0 Å². The summed E-state index contributed by atoms with van der Waals surface area (Å²) in [6.07, 6.45) is 7.49. The fourth-order valence-corrected chi connectivity index (χ4v) is 1.73. The Morgan fingerprint density at radius 3 is 2.95 bits per heavy atom. The Balaban J connectivity index is 1.95. The second-order valence-electron chi connectivity index (χ2n) is 4.63. The van der Waals surface area contributed by atoms with Crippen LogP contribution in [0.3, 0.4) is 0 Å². The summed E-state index contributed by atoms with van der Waals surface area (Å²) in [5, 5.41) is 11.3. The molecule has 0 saturated carbocycles. The Morgan fingerprint density at radius 2 is 2.20 bits per heavy atom. The van der Waals surface area contributed by atoms with Crippen molar-refractivity contribution in [2.45, 2.75) is 26.3 Å². The van der Waals surface area contributed by atoms with Gasteiger partial charge in [0.1, 0.15) is 0 Å². The molecule has 0 saturated heterocycles. The maximum absolute atomic E-state index is 4.46. The zero-order chi connectivity index (χ0) is 14.2. The Labute approximate surface area is 119 Å². The van der Waals surface area contributed by atoms with Gasteiger partial charge in [-0.2, -0.15) is 10.1 Å². The van der Waals surface area contributed by atoms with Crippen LogP contribution in [-0.2, 0) is 6.54 Å². The third-order valence-corrected chi connectivity index (χ3v) is 2.93. The van der Waals surface area contributed by atoms with E-state index in [0.717, 1.165) is 30.8 Å². The van der Waals surface area contributed by atoms with E-state index in [9.17, 15) is 0 Å². The van der Waals surface area contributed by atoms with Crippen molar-refractivity contribution in [3.05, 3.63) is 36.3 Å². The number of hydrogen-bond donors (Lipinski definition) is 1. The number of anilines is 2. The van der Waals surface area contributed by atoms with Gasteiger partial charge in [-0.15, -0.1) is 5.10 Å². The van der Waals surface area contributed by atoms with Crippen LogP contribution in [0.2, 0.25) is 0 Å². The van der Waals surface area contributed by atoms with Gasteiger partial charge < -0.3 is 10.2 Å². The largest absolute Gasteiger partial charge is 0.364 e. The summed E-state index contributed by atoms with van der Waals surface area (Å²) in [5.41, 5.74) is 1.10. The first kappa shape index (κ1) is 14.2. The Kier molecular flexibility index (Phi) is 5.23. The summed E-state index contributed by atoms with van der Waals surface area (Å²) >= 11 is 0. The molecule has 0 atom stereocenters. The van der Waals surface area contributed by atoms with Crippen molar-refractivity contribution in [1.29, 1.82) is 0 Å². The first-order valence-electron chi connectivity index (χ1n) is 6.83. The third kappa shape index (κ3) is 4.15. The van der Waals surface area contributed by atoms with Gasteiger partial charge in [-0.1, -0.05) is 19.4 Å². The molecule has 0 amide bonds. The quantitative estimate of drug-likeness (QED) is 0.832. The molecule has 20 heavy (non-hydrogen) atoms. The molecule has 0 spiro atoms. The van der Waals surface area contributed by atoms with Crippen molar-refractivity contribution in [2.24, 2.45) is 0 Å². The van der Waals surface area contributed by atoms with E-state index in [2.05, 4.69) is 32.4 Å². The highest BCUT2D eigenvalue weighted by Crippen LogP contribution is 2.09. The second kappa shape index (κ2) is 7.37. The summed E-state index contributed by atoms with van der Waals surface area (Å²) < 4.78 is 0. The SMILES string of the molecule is CCCCN(C)c1nncc(NCc2cccnc2)n1. The average molecular weight is 272 g/mol. The van der Waals surface area contributed by atoms with Crippen molar-refractivity contribution >= 4 is 11.8 Å². The number of nitrogens with one attached hydrogen (secondary N) is 1. The summed E-state index contributed by atoms with van der Waals surface area (Å²) in [4.78, 5) is 10.6. The summed E-state index contributed by atoms with van der Waals surface area (Å²) in [7, 11) is 1.98. The Bertz CT molecular complexity index is 516. The molecule has 6 nitrogen and oxygen atoms in total. The predicted octanol–water partition coefficient (Wildman–Crippen LogP) is 2.11. The minimum atomic E-state index is 0.648. The lowest BCUT2D eigenvalue weighted by molar-refractivity contribution is 0.740. The molecule has 0 aliphatic rings. The van der Waals surface area contributed by atoms with E-state index in [1.54, 1.807) is 12.4 Å². The molecule has 1 N–H and O–H groups in total. The number of pyridine rings is 1. The van der Waals surface area contributed by atoms with Crippen molar-refractivity contribution in [3.63, 3.8) is 0 Å². The van der Waals surface area contributed by atoms with E-state index in [4.69, 9.17) is 0 Å². The molecule has 0 aromatic carbocycles. The van der Waals surface area contributed by atoms with Gasteiger partial charge in [-0.3, -0.25) is 4.98 Å². The Morgan fingerprint density at radius 1 is 1.30 bits per heavy atom. The second-order valence-corrected chi connectivity index (χ2v) is 4.63. The van der Waals surface area contributed by atoms with Gasteiger partial charge in [-0.05, 0) is 18.1 Å². The zero-order valence-electron chi connectivity index (χ0n) is 12.0. The van der Waals surface area contributed by atoms with Gasteiger partial charge in [0.2, 0.25) is 5.95 Å². The van der Waals surface area contributed by atoms with Gasteiger partial charge in [-0.25, -0.2) is 0 Å². The zero-order valence-corrected chi connectivity index (χ0v) is 12.0. The highest BCUT2D eigenvalue weighted by molar-refractivity contribution is 5.38. The van der Waals surface area contributed by atoms with Crippen LogP contribution in [-0.4, -0.2) is 33.8 Å². The molecule has 2 aromatic heterocycles. The maximum atomic E-state index is 4.46. The fraction of sp³-hybridized carbons (Fsp3) is 0.429. The van der Waals surface area contributed by atoms with E-state index in [-0.39, 0.29) is 0 Å². The Hall–Kier alpha value is -2.24. The molecular formula is C14H20N6. The van der Waals surface area contributed by atoms with Crippen LogP contribution >= 0.6 is 0 Å². The van der Waals surface area contributed by atoms with Crippen molar-refractivity contribution in [3.8, 4) is 0 Å². The number of hydrogen-bond acceptors (Lipinski definition) is 6. The lowest BCUT2D eigenvalue weighted by Crippen LogP contribution is -2.21. The molecular weight excluding hydrogens is 252 g/mol. The topological polar surface area (TPSA) is 66.8 Å². The summed E-state index contributed by atoms with van der Waals surface area (Å²) in [5.74, 6) is 1.37. The highest BCUT2D eigenvalue weighted by atomic mass is 15.3. The van der Waals surface area contributed by atoms with Crippen LogP contribution in [0.25, 0.3) is 0 Å². The fourth-order valence-electron chi connectivity index (χ4n) is 1.73. The maximum Gasteiger partial charge on any atom is 0.247 e. The number of nitrogens with zero attached hydrogens (tertiary/aromatic N) is 5. The van der Waals surface area contributed by atoms with E-state index in [0.29, 0.717) is 12.5 Å². The van der Waals surface area contributed by atoms with Gasteiger partial charge >= 0.3 is 0 Å². The van der Waals surface area contributed by atoms with Crippen molar-refractivity contribution in [1.82, 2.24) is 20.2 Å². The standard InChI is InChI=1S/C14H20N6/c1-3-4-8-20(2)14-18-13(11-17-19-14)16-10-12-6-5-7-15-9-12/h5-7,9,11H,3-4,8,10H2,1-2H3,(H,16,18,19). The molecule has 2 aromatic rings. The molecule has 2 heterocycles. The molecule has 0 fully saturated rings. The minimum absolute atomic E-state index is 0.648. The molecule has 0 bridgehead atoms. The van der Waals surface area contributed by atoms with Crippen molar-refractivity contribution in [2.75, 3.05) is 23.8 Å². The first-order chi connectivity index (χ1) is 9.79. The van der Waals surface area contributed by atoms with Crippen LogP contribution in [0.5, 0.6) is 0 Å². The number of aromatic nitrogens is 4. The van der Waals surface area contributed by atoms with Crippen LogP contribution in [0, 0.1) is 0 Å². The van der Waals surface area contributed by atoms with Crippen LogP contribution in [0.4, 0.5) is 11.8 Å². The molecule has 0 aliphatic heterocycles. The van der Waals surface area contributed by atoms with Gasteiger partial charge in [0, 0.05) is 32.5 Å². The molecule has 2 rings (SSSR count). The predicted molar refractivity (Wildman–Crippen MR) is 79.6 cm³/mol. The van der Waals surface area contributed by atoms with Gasteiger partial charge in [0.15, 0.2) is 5.82 Å². The van der Waals surface area contributed by atoms with Crippen LogP contribution < -0.4 is 10.2 Å². The van der Waals surface area contributed by atoms with E-state index in [1.165, 1.54) is 0 Å². The number of unbranched alkanes of at least 4 members (excludes halogenated alkanes) is 1. The molecule has 106 valence electrons. The van der Waals surface area contributed by atoms with E-state index >= 15 is 0 Å². The lowest BCUT2D eigenvalue weighted by Gasteiger charge is -2.16. The monoisotopic (exact) mass is 272 g/mol. The van der Waals surface area contributed by atoms with Gasteiger partial charge in [0.05, 0.1) is 6.20 Å². The smallest absolute Gasteiger partial charge is 0.247 e.